The number of nitrogens with two attached hydrogens (primary N) is 4. The van der Waals surface area contributed by atoms with Gasteiger partial charge in [0.1, 0.15) is 0 Å². The van der Waals surface area contributed by atoms with E-state index in [1.54, 1.807) is 13.0 Å². The van der Waals surface area contributed by atoms with Crippen LogP contribution in [0.25, 0.3) is 76.5 Å². The Kier molecular flexibility index (Phi) is 20.6. The van der Waals surface area contributed by atoms with E-state index in [0.717, 1.165) is 105 Å². The number of anilines is 4. The lowest BCUT2D eigenvalue weighted by molar-refractivity contribution is 0.0599. The van der Waals surface area contributed by atoms with Gasteiger partial charge >= 0.3 is 13.1 Å². The first-order valence-electron chi connectivity index (χ1n) is 30.5. The summed E-state index contributed by atoms with van der Waals surface area (Å²) in [5.74, 6) is -0.254. The molecular weight excluding hydrogens is 1450 g/mol. The van der Waals surface area contributed by atoms with Crippen LogP contribution >= 0.6 is 53.2 Å². The SMILES string of the molecule is CC(=O)c1ccc2ccccc2c1-c1ccc(N)cc1.CC(C)(O)c1ccc2ccccc2c1-c1ccc(N)cc1.CC1(C)c2cc(N)ccc2-c2c1ccc1ccccc21.CC12CC1(C)OB(c1ccc(N)cc1)O2.COC(=O)c1ccc2ccccc2c1Br.II. The zero-order valence-electron chi connectivity index (χ0n) is 53.2. The molecule has 2 unspecified atom stereocenters. The fraction of sp³-hybridized carbons (Fsp3) is 0.165. The fourth-order valence-electron chi connectivity index (χ4n) is 12.5. The molecule has 2 aliphatic carbocycles. The molecule has 0 bridgehead atoms. The van der Waals surface area contributed by atoms with Gasteiger partial charge in [0.05, 0.1) is 29.5 Å². The Morgan fingerprint density at radius 3 is 1.41 bits per heavy atom. The first-order valence-corrected chi connectivity index (χ1v) is 37.6. The Hall–Kier alpha value is -8.10. The quantitative estimate of drug-likeness (QED) is 0.0353. The van der Waals surface area contributed by atoms with Gasteiger partial charge in [-0.1, -0.05) is 196 Å². The number of halogens is 3. The van der Waals surface area contributed by atoms with Crippen molar-refractivity contribution >= 4 is 143 Å². The van der Waals surface area contributed by atoms with E-state index in [-0.39, 0.29) is 35.5 Å². The summed E-state index contributed by atoms with van der Waals surface area (Å²) in [6, 6.07) is 78.3. The molecule has 14 heteroatoms. The van der Waals surface area contributed by atoms with Crippen LogP contribution in [-0.4, -0.2) is 42.3 Å². The van der Waals surface area contributed by atoms with E-state index in [9.17, 15) is 14.7 Å². The lowest BCUT2D eigenvalue weighted by Gasteiger charge is -2.23. The fourth-order valence-corrected chi connectivity index (χ4v) is 13.2. The number of esters is 1. The van der Waals surface area contributed by atoms with Gasteiger partial charge in [-0.15, -0.1) is 0 Å². The predicted octanol–water partition coefficient (Wildman–Crippen LogP) is 19.4. The van der Waals surface area contributed by atoms with Crippen molar-refractivity contribution in [3.63, 3.8) is 0 Å². The van der Waals surface area contributed by atoms with Crippen molar-refractivity contribution in [3.8, 4) is 33.4 Å². The number of fused-ring (bicyclic) bond motifs is 9. The maximum Gasteiger partial charge on any atom is 0.494 e. The highest BCUT2D eigenvalue weighted by Gasteiger charge is 2.71. The van der Waals surface area contributed by atoms with Gasteiger partial charge in [-0.3, -0.25) is 4.79 Å². The number of ether oxygens (including phenoxy) is 1. The molecule has 3 aliphatic rings. The number of hydrogen-bond acceptors (Lipinski definition) is 10. The minimum Gasteiger partial charge on any atom is -0.465 e. The second-order valence-electron chi connectivity index (χ2n) is 24.9. The predicted molar refractivity (Wildman–Crippen MR) is 410 cm³/mol. The standard InChI is InChI=1S/C19H19NO.C19H17N.C18H15NO.C12H9BrO2.C11H14BNO2.I2/c1-19(2,21)17-12-9-13-5-3-4-6-16(13)18(17)14-7-10-15(20)11-8-14;1-19(2)16-10-7-12-5-3-4-6-14(12)18(16)15-9-8-13(20)11-17(15)19;1-12(20)16-11-8-13-4-2-3-5-17(13)18(16)14-6-9-15(19)10-7-14;1-15-12(14)10-7-6-8-4-2-3-5-9(8)11(10)13;1-10-7-11(10,2)15-12(14-10)8-3-5-9(13)6-4-8;1-2/h3-12,21H,20H2,1-2H3;3-11H,20H2,1-2H3;2-11H,19H2,1H3;2-7H,1H3;3-6H,7,13H2,1-2H3;. The van der Waals surface area contributed by atoms with Crippen LogP contribution in [0, 0.1) is 0 Å². The van der Waals surface area contributed by atoms with Crippen molar-refractivity contribution in [1.29, 1.82) is 0 Å². The minimum absolute atomic E-state index is 0.0179. The zero-order chi connectivity index (χ0) is 66.6. The van der Waals surface area contributed by atoms with Crippen LogP contribution < -0.4 is 28.4 Å². The van der Waals surface area contributed by atoms with Gasteiger partial charge in [0, 0.05) is 87.4 Å². The molecule has 2 fully saturated rings. The molecule has 1 saturated heterocycles. The third-order valence-electron chi connectivity index (χ3n) is 17.8. The third-order valence-corrected chi connectivity index (χ3v) is 18.6. The molecule has 470 valence electrons. The van der Waals surface area contributed by atoms with Crippen LogP contribution in [0.2, 0.25) is 0 Å². The summed E-state index contributed by atoms with van der Waals surface area (Å²) in [6.45, 7) is 14.0. The molecule has 1 aliphatic heterocycles. The monoisotopic (exact) mass is 1520 g/mol. The van der Waals surface area contributed by atoms with Gasteiger partial charge < -0.3 is 42.1 Å². The average Bonchev–Trinajstić information content (AvgIpc) is 1.54. The van der Waals surface area contributed by atoms with Crippen molar-refractivity contribution in [2.45, 2.75) is 77.1 Å². The summed E-state index contributed by atoms with van der Waals surface area (Å²) >= 11 is 7.66. The van der Waals surface area contributed by atoms with Crippen LogP contribution in [-0.2, 0) is 25.1 Å². The van der Waals surface area contributed by atoms with Crippen LogP contribution in [0.1, 0.15) is 92.3 Å². The maximum atomic E-state index is 11.9. The van der Waals surface area contributed by atoms with E-state index in [1.807, 2.05) is 172 Å². The molecule has 2 atom stereocenters. The number of benzene rings is 12. The molecule has 0 spiro atoms. The molecular formula is C79H74BBrI2N4O6. The number of methoxy groups -OCH3 is 1. The van der Waals surface area contributed by atoms with Crippen LogP contribution in [0.4, 0.5) is 22.7 Å². The number of rotatable bonds is 6. The van der Waals surface area contributed by atoms with Gasteiger partial charge in [-0.2, -0.15) is 0 Å². The molecule has 0 amide bonds. The van der Waals surface area contributed by atoms with Crippen molar-refractivity contribution in [3.05, 3.63) is 269 Å². The van der Waals surface area contributed by atoms with Gasteiger partial charge in [0.25, 0.3) is 0 Å². The molecule has 93 heavy (non-hydrogen) atoms. The summed E-state index contributed by atoms with van der Waals surface area (Å²) in [7, 11) is 1.15. The summed E-state index contributed by atoms with van der Waals surface area (Å²) in [5, 5.41) is 19.8. The van der Waals surface area contributed by atoms with E-state index >= 15 is 0 Å². The number of aliphatic hydroxyl groups is 1. The summed E-state index contributed by atoms with van der Waals surface area (Å²) in [4.78, 5) is 23.4. The second-order valence-corrected chi connectivity index (χ2v) is 25.7. The van der Waals surface area contributed by atoms with Crippen molar-refractivity contribution in [1.82, 2.24) is 0 Å². The molecule has 0 aromatic heterocycles. The highest BCUT2D eigenvalue weighted by atomic mass is 128. The van der Waals surface area contributed by atoms with Crippen molar-refractivity contribution in [2.24, 2.45) is 0 Å². The molecule has 0 radical (unpaired) electrons. The number of carbonyl (C=O) groups excluding carboxylic acids is 2. The first kappa shape index (κ1) is 67.8. The molecule has 1 saturated carbocycles. The van der Waals surface area contributed by atoms with Crippen molar-refractivity contribution < 1.29 is 28.7 Å². The maximum absolute atomic E-state index is 11.9. The Balaban J connectivity index is 0.000000127. The number of carbonyl (C=O) groups is 2. The topological polar surface area (TPSA) is 186 Å². The van der Waals surface area contributed by atoms with E-state index in [2.05, 4.69) is 154 Å². The van der Waals surface area contributed by atoms with Gasteiger partial charge in [-0.25, -0.2) is 4.79 Å². The van der Waals surface area contributed by atoms with Crippen LogP contribution in [0.5, 0.6) is 0 Å². The van der Waals surface area contributed by atoms with Gasteiger partial charge in [0.15, 0.2) is 5.78 Å². The van der Waals surface area contributed by atoms with Gasteiger partial charge in [0.2, 0.25) is 0 Å². The van der Waals surface area contributed by atoms with Gasteiger partial charge in [-0.05, 0) is 198 Å². The highest BCUT2D eigenvalue weighted by molar-refractivity contribution is 15.0. The molecule has 12 aromatic carbocycles. The Morgan fingerprint density at radius 2 is 0.914 bits per heavy atom. The lowest BCUT2D eigenvalue weighted by Crippen LogP contribution is -2.35. The summed E-state index contributed by atoms with van der Waals surface area (Å²) in [5.41, 5.74) is 38.0. The lowest BCUT2D eigenvalue weighted by atomic mass is 9.79. The average molecular weight is 1520 g/mol. The third kappa shape index (κ3) is 14.4. The second kappa shape index (κ2) is 28.2. The largest absolute Gasteiger partial charge is 0.494 e. The molecule has 12 aromatic rings. The van der Waals surface area contributed by atoms with E-state index in [1.165, 1.54) is 40.1 Å². The number of hydrogen-bond donors (Lipinski definition) is 5. The van der Waals surface area contributed by atoms with E-state index < -0.39 is 5.60 Å². The van der Waals surface area contributed by atoms with Crippen molar-refractivity contribution in [2.75, 3.05) is 30.0 Å². The Bertz CT molecular complexity index is 4720. The highest BCUT2D eigenvalue weighted by Crippen LogP contribution is 2.58. The Morgan fingerprint density at radius 1 is 0.505 bits per heavy atom. The summed E-state index contributed by atoms with van der Waals surface area (Å²) in [6.07, 6.45) is 0.992. The van der Waals surface area contributed by atoms with Crippen LogP contribution in [0.3, 0.4) is 0 Å². The smallest absolute Gasteiger partial charge is 0.465 e. The van der Waals surface area contributed by atoms with E-state index in [0.29, 0.717) is 5.56 Å². The summed E-state index contributed by atoms with van der Waals surface area (Å²) < 4.78 is 17.3. The van der Waals surface area contributed by atoms with E-state index in [4.69, 9.17) is 37.0 Å². The first-order chi connectivity index (χ1) is 44.5. The molecule has 9 N–H and O–H groups in total. The molecule has 1 heterocycles. The van der Waals surface area contributed by atoms with Crippen LogP contribution in [0.15, 0.2) is 241 Å². The zero-order valence-corrected chi connectivity index (χ0v) is 59.1. The number of nitrogen functional groups attached to an aromatic ring is 4. The molecule has 10 nitrogen and oxygen atoms in total. The number of Topliss-reactive ketones (excluding diaryl/α,β-unsaturated/α-hetero) is 1. The minimum atomic E-state index is -0.902. The number of ketones is 1. The Labute approximate surface area is 576 Å². The molecule has 15 rings (SSSR count). The normalized spacial score (nSPS) is 16.0.